The Hall–Kier alpha value is -2.42. The lowest BCUT2D eigenvalue weighted by molar-refractivity contribution is 0.0201. The number of benzene rings is 1. The largest absolute Gasteiger partial charge is 0.507 e. The summed E-state index contributed by atoms with van der Waals surface area (Å²) in [5.41, 5.74) is 2.40. The van der Waals surface area contributed by atoms with Crippen LogP contribution in [0, 0.1) is 0 Å². The highest BCUT2D eigenvalue weighted by atomic mass is 16.3. The third-order valence-corrected chi connectivity index (χ3v) is 6.17. The van der Waals surface area contributed by atoms with Crippen LogP contribution in [-0.4, -0.2) is 82.8 Å². The molecular weight excluding hydrogens is 356 g/mol. The van der Waals surface area contributed by atoms with E-state index in [4.69, 9.17) is 0 Å². The number of rotatable bonds is 2. The van der Waals surface area contributed by atoms with E-state index in [1.807, 2.05) is 18.2 Å². The van der Waals surface area contributed by atoms with Crippen molar-refractivity contribution in [2.24, 2.45) is 0 Å². The van der Waals surface area contributed by atoms with Gasteiger partial charge in [-0.3, -0.25) is 4.90 Å². The Bertz CT molecular complexity index is 862. The average molecular weight is 382 g/mol. The van der Waals surface area contributed by atoms with Gasteiger partial charge < -0.3 is 25.7 Å². The van der Waals surface area contributed by atoms with Crippen LogP contribution in [0.5, 0.6) is 5.75 Å². The van der Waals surface area contributed by atoms with Crippen LogP contribution in [0.1, 0.15) is 6.42 Å². The summed E-state index contributed by atoms with van der Waals surface area (Å²) in [5.74, 6) is 1.01. The van der Waals surface area contributed by atoms with Gasteiger partial charge in [-0.1, -0.05) is 12.1 Å². The number of hydrogen-bond acceptors (Lipinski definition) is 8. The summed E-state index contributed by atoms with van der Waals surface area (Å²) < 4.78 is 0. The highest BCUT2D eigenvalue weighted by molar-refractivity contribution is 5.76. The summed E-state index contributed by atoms with van der Waals surface area (Å²) in [6, 6.07) is 9.79. The van der Waals surface area contributed by atoms with Crippen molar-refractivity contribution in [2.75, 3.05) is 49.5 Å². The number of hydrogen-bond donors (Lipinski definition) is 4. The molecule has 4 N–H and O–H groups in total. The molecule has 2 aromatic rings. The molecule has 3 aliphatic rings. The van der Waals surface area contributed by atoms with Crippen LogP contribution in [-0.2, 0) is 0 Å². The van der Waals surface area contributed by atoms with Gasteiger partial charge in [0.1, 0.15) is 5.75 Å². The molecule has 8 heteroatoms. The number of β-amino-alcohol motifs (C(OH)–C–C–N with tert-alkyl or cyclic N) is 1. The van der Waals surface area contributed by atoms with Gasteiger partial charge in [0.15, 0.2) is 5.82 Å². The van der Waals surface area contributed by atoms with Gasteiger partial charge in [-0.25, -0.2) is 0 Å². The van der Waals surface area contributed by atoms with Crippen LogP contribution >= 0.6 is 0 Å². The molecule has 2 fully saturated rings. The predicted octanol–water partition coefficient (Wildman–Crippen LogP) is 0.488. The summed E-state index contributed by atoms with van der Waals surface area (Å²) in [6.45, 7) is 5.19. The summed E-state index contributed by atoms with van der Waals surface area (Å²) >= 11 is 0. The molecule has 2 unspecified atom stereocenters. The van der Waals surface area contributed by atoms with E-state index in [1.165, 1.54) is 0 Å². The first-order chi connectivity index (χ1) is 13.7. The number of nitrogens with zero attached hydrogens (tertiary/aromatic N) is 4. The molecule has 5 rings (SSSR count). The van der Waals surface area contributed by atoms with Gasteiger partial charge in [-0.2, -0.15) is 0 Å². The second kappa shape index (κ2) is 7.20. The molecule has 0 bridgehead atoms. The number of piperazine rings is 1. The Kier molecular flexibility index (Phi) is 4.54. The third-order valence-electron chi connectivity index (χ3n) is 6.17. The van der Waals surface area contributed by atoms with Gasteiger partial charge in [0.05, 0.1) is 23.5 Å². The average Bonchev–Trinajstić information content (AvgIpc) is 2.73. The Morgan fingerprint density at radius 1 is 1.11 bits per heavy atom. The fourth-order valence-corrected chi connectivity index (χ4v) is 4.69. The van der Waals surface area contributed by atoms with E-state index >= 15 is 0 Å². The van der Waals surface area contributed by atoms with Gasteiger partial charge in [0.25, 0.3) is 0 Å². The van der Waals surface area contributed by atoms with Crippen molar-refractivity contribution >= 4 is 11.5 Å². The first kappa shape index (κ1) is 17.7. The second-order valence-electron chi connectivity index (χ2n) is 7.83. The number of para-hydroxylation sites is 1. The van der Waals surface area contributed by atoms with E-state index in [0.29, 0.717) is 23.8 Å². The predicted molar refractivity (Wildman–Crippen MR) is 108 cm³/mol. The number of phenolic OH excluding ortho intramolecular Hbond substituents is 1. The summed E-state index contributed by atoms with van der Waals surface area (Å²) in [4.78, 5) is 4.84. The van der Waals surface area contributed by atoms with Crippen LogP contribution in [0.3, 0.4) is 0 Å². The molecule has 0 radical (unpaired) electrons. The van der Waals surface area contributed by atoms with Crippen LogP contribution in [0.25, 0.3) is 11.3 Å². The Balaban J connectivity index is 1.39. The maximum atomic E-state index is 10.4. The monoisotopic (exact) mass is 382 g/mol. The first-order valence-electron chi connectivity index (χ1n) is 10.00. The molecule has 4 heterocycles. The number of aromatic hydroxyl groups is 1. The minimum Gasteiger partial charge on any atom is -0.507 e. The molecule has 8 nitrogen and oxygen atoms in total. The third kappa shape index (κ3) is 3.07. The topological polar surface area (TPSA) is 96.8 Å². The summed E-state index contributed by atoms with van der Waals surface area (Å²) in [5, 5.41) is 35.9. The maximum absolute atomic E-state index is 10.4. The first-order valence-corrected chi connectivity index (χ1v) is 10.00. The van der Waals surface area contributed by atoms with Crippen molar-refractivity contribution < 1.29 is 10.2 Å². The molecule has 0 aliphatic carbocycles. The van der Waals surface area contributed by atoms with Crippen LogP contribution in [0.4, 0.5) is 11.5 Å². The number of aliphatic hydroxyl groups excluding tert-OH is 1. The second-order valence-corrected chi connectivity index (χ2v) is 7.83. The lowest BCUT2D eigenvalue weighted by atomic mass is 9.98. The van der Waals surface area contributed by atoms with E-state index in [0.717, 1.165) is 50.6 Å². The van der Waals surface area contributed by atoms with E-state index in [1.54, 1.807) is 12.1 Å². The number of nitrogens with one attached hydrogen (secondary N) is 2. The molecule has 1 aromatic heterocycles. The zero-order valence-electron chi connectivity index (χ0n) is 15.8. The van der Waals surface area contributed by atoms with Crippen molar-refractivity contribution in [3.05, 3.63) is 30.3 Å². The molecule has 0 spiro atoms. The fraction of sp³-hybridized carbons (Fsp3) is 0.500. The Morgan fingerprint density at radius 3 is 2.86 bits per heavy atom. The van der Waals surface area contributed by atoms with E-state index in [2.05, 4.69) is 30.6 Å². The maximum Gasteiger partial charge on any atom is 0.172 e. The lowest BCUT2D eigenvalue weighted by Crippen LogP contribution is -2.63. The zero-order valence-corrected chi connectivity index (χ0v) is 15.8. The number of aliphatic hydroxyl groups is 1. The fourth-order valence-electron chi connectivity index (χ4n) is 4.69. The van der Waals surface area contributed by atoms with E-state index in [-0.39, 0.29) is 17.9 Å². The standard InChI is InChI=1S/C20H26N6O2/c27-18-4-2-1-3-14(18)15-9-17-20(24-23-15)22-10-13-12-25(7-8-26(13)17)16-5-6-21-11-19(16)28/h1-4,9,13,16,19,21,27-28H,5-8,10-12H2,(H,22,24)/t13-,16?,19?/m0/s1. The van der Waals surface area contributed by atoms with Crippen molar-refractivity contribution in [2.45, 2.75) is 24.6 Å². The molecule has 3 aliphatic heterocycles. The number of phenols is 1. The van der Waals surface area contributed by atoms with Crippen molar-refractivity contribution in [1.29, 1.82) is 0 Å². The SMILES string of the molecule is Oc1ccccc1-c1cc2c(nn1)NC[C@H]1CN(C3CCNCC3O)CCN21. The smallest absolute Gasteiger partial charge is 0.172 e. The molecule has 0 saturated carbocycles. The molecule has 1 aromatic carbocycles. The zero-order chi connectivity index (χ0) is 19.1. The lowest BCUT2D eigenvalue weighted by Gasteiger charge is -2.49. The number of fused-ring (bicyclic) bond motifs is 3. The van der Waals surface area contributed by atoms with Gasteiger partial charge in [-0.05, 0) is 31.2 Å². The Labute approximate surface area is 164 Å². The normalized spacial score (nSPS) is 27.6. The van der Waals surface area contributed by atoms with Gasteiger partial charge in [0.2, 0.25) is 0 Å². The summed E-state index contributed by atoms with van der Waals surface area (Å²) in [7, 11) is 0. The molecule has 0 amide bonds. The van der Waals surface area contributed by atoms with E-state index in [9.17, 15) is 10.2 Å². The Morgan fingerprint density at radius 2 is 2.00 bits per heavy atom. The van der Waals surface area contributed by atoms with Gasteiger partial charge >= 0.3 is 0 Å². The quantitative estimate of drug-likeness (QED) is 0.596. The van der Waals surface area contributed by atoms with Crippen LogP contribution < -0.4 is 15.5 Å². The van der Waals surface area contributed by atoms with Crippen LogP contribution in [0.15, 0.2) is 30.3 Å². The molecular formula is C20H26N6O2. The van der Waals surface area contributed by atoms with Gasteiger partial charge in [-0.15, -0.1) is 10.2 Å². The molecule has 2 saturated heterocycles. The minimum atomic E-state index is -0.303. The molecule has 148 valence electrons. The van der Waals surface area contributed by atoms with E-state index < -0.39 is 0 Å². The highest BCUT2D eigenvalue weighted by Crippen LogP contribution is 2.36. The molecule has 28 heavy (non-hydrogen) atoms. The van der Waals surface area contributed by atoms with Crippen molar-refractivity contribution in [3.63, 3.8) is 0 Å². The molecule has 3 atom stereocenters. The summed E-state index contributed by atoms with van der Waals surface area (Å²) in [6.07, 6.45) is 0.684. The van der Waals surface area contributed by atoms with Crippen molar-refractivity contribution in [3.8, 4) is 17.0 Å². The highest BCUT2D eigenvalue weighted by Gasteiger charge is 2.37. The van der Waals surface area contributed by atoms with Gasteiger partial charge in [0, 0.05) is 44.3 Å². The number of anilines is 2. The number of aromatic nitrogens is 2. The van der Waals surface area contributed by atoms with Crippen molar-refractivity contribution in [1.82, 2.24) is 20.4 Å². The number of piperidine rings is 1. The minimum absolute atomic E-state index is 0.210. The van der Waals surface area contributed by atoms with Crippen LogP contribution in [0.2, 0.25) is 0 Å².